The Morgan fingerprint density at radius 2 is 1.55 bits per heavy atom. The number of hydrogen-bond acceptors (Lipinski definition) is 7. The molecule has 0 aromatic heterocycles. The highest BCUT2D eigenvalue weighted by atomic mass is 16.5. The van der Waals surface area contributed by atoms with Crippen molar-refractivity contribution in [2.75, 3.05) is 48.1 Å². The van der Waals surface area contributed by atoms with E-state index in [4.69, 9.17) is 28.8 Å². The molecule has 6 atom stereocenters. The van der Waals surface area contributed by atoms with Crippen molar-refractivity contribution in [3.8, 4) is 11.5 Å². The number of amides is 2. The van der Waals surface area contributed by atoms with Crippen molar-refractivity contribution in [2.24, 2.45) is 51.4 Å². The molecule has 1 aromatic carbocycles. The molecule has 0 spiro atoms. The van der Waals surface area contributed by atoms with Gasteiger partial charge in [-0.1, -0.05) is 81.1 Å². The van der Waals surface area contributed by atoms with Gasteiger partial charge in [-0.3, -0.25) is 9.59 Å². The van der Waals surface area contributed by atoms with Crippen LogP contribution < -0.4 is 20.5 Å². The molecule has 2 unspecified atom stereocenters. The fourth-order valence-electron chi connectivity index (χ4n) is 6.14. The number of nitrogens with two attached hydrogens (primary N) is 1. The summed E-state index contributed by atoms with van der Waals surface area (Å²) in [6, 6.07) is 2.50. The van der Waals surface area contributed by atoms with Gasteiger partial charge in [0, 0.05) is 58.2 Å². The first-order valence-corrected chi connectivity index (χ1v) is 18.8. The van der Waals surface area contributed by atoms with Gasteiger partial charge >= 0.3 is 0 Å². The Morgan fingerprint density at radius 3 is 1.98 bits per heavy atom. The molecular weight excluding hydrogens is 691 g/mol. The molecule has 0 aliphatic carbocycles. The van der Waals surface area contributed by atoms with Gasteiger partial charge in [-0.05, 0) is 121 Å². The zero-order chi connectivity index (χ0) is 57.2. The summed E-state index contributed by atoms with van der Waals surface area (Å²) in [5.74, 6) is -18.8. The van der Waals surface area contributed by atoms with Gasteiger partial charge in [0.2, 0.25) is 11.8 Å². The van der Waals surface area contributed by atoms with Gasteiger partial charge in [-0.25, -0.2) is 0 Å². The third kappa shape index (κ3) is 14.2. The predicted molar refractivity (Wildman–Crippen MR) is 229 cm³/mol. The number of carbonyl (C=O) groups excluding carboxylic acids is 2. The van der Waals surface area contributed by atoms with Crippen molar-refractivity contribution in [1.29, 1.82) is 0 Å². The number of likely N-dealkylation sites (N-methyl/N-ethyl adjacent to an activating group) is 1. The molecule has 320 valence electrons. The Morgan fingerprint density at radius 1 is 0.945 bits per heavy atom. The second-order valence-electron chi connectivity index (χ2n) is 16.7. The number of nitrogens with zero attached hydrogens (tertiary/aromatic N) is 1. The minimum Gasteiger partial charge on any atom is -0.489 e. The van der Waals surface area contributed by atoms with E-state index < -0.39 is 119 Å². The van der Waals surface area contributed by atoms with Crippen molar-refractivity contribution in [3.63, 3.8) is 0 Å². The Hall–Kier alpha value is -2.36. The molecule has 9 nitrogen and oxygen atoms in total. The molecule has 0 aliphatic heterocycles. The van der Waals surface area contributed by atoms with E-state index in [9.17, 15) is 22.6 Å². The number of carbonyl (C=O) groups is 2. The van der Waals surface area contributed by atoms with Gasteiger partial charge in [-0.15, -0.1) is 0 Å². The SMILES string of the molecule is [2H]C([2H])(C)C([2H])(C([2H])(C)C)[C@@]([2H])(C(=O)NCC(C)(C)C(N)=O)C([2H])([2H])[C@]([2H])(OC)[C@@](C)(N(C)C)C([2H])([2H])[C@](C)(C([2H])([2H])c1cc(C)c(OC(C)C)c(OCC(C)(C)COC)c1)C([2H])(C([2H])([2H])C)C([2H])(C)C. The molecule has 0 saturated heterocycles. The van der Waals surface area contributed by atoms with Crippen molar-refractivity contribution < 1.29 is 50.5 Å². The van der Waals surface area contributed by atoms with E-state index in [2.05, 4.69) is 5.32 Å². The van der Waals surface area contributed by atoms with Crippen LogP contribution in [0.3, 0.4) is 0 Å². The quantitative estimate of drug-likeness (QED) is 0.0963. The van der Waals surface area contributed by atoms with Crippen LogP contribution in [0.1, 0.15) is 155 Å². The highest BCUT2D eigenvalue weighted by Gasteiger charge is 2.48. The number of benzene rings is 1. The second kappa shape index (κ2) is 21.4. The predicted octanol–water partition coefficient (Wildman–Crippen LogP) is 9.11. The lowest BCUT2D eigenvalue weighted by molar-refractivity contribution is -0.133. The molecule has 55 heavy (non-hydrogen) atoms. The topological polar surface area (TPSA) is 112 Å². The van der Waals surface area contributed by atoms with E-state index in [1.165, 1.54) is 33.1 Å². The van der Waals surface area contributed by atoms with Crippen LogP contribution in [0.25, 0.3) is 0 Å². The van der Waals surface area contributed by atoms with Crippen molar-refractivity contribution in [2.45, 2.75) is 153 Å². The Labute approximate surface area is 360 Å². The van der Waals surface area contributed by atoms with Gasteiger partial charge in [-0.2, -0.15) is 0 Å². The first-order chi connectivity index (χ1) is 31.0. The van der Waals surface area contributed by atoms with Crippen molar-refractivity contribution in [3.05, 3.63) is 23.3 Å². The fraction of sp³-hybridized carbons (Fsp3) is 0.826. The van der Waals surface area contributed by atoms with Gasteiger partial charge < -0.3 is 34.9 Å². The van der Waals surface area contributed by atoms with Crippen LogP contribution in [-0.2, 0) is 25.4 Å². The maximum absolute atomic E-state index is 15.0. The second-order valence-corrected chi connectivity index (χ2v) is 16.7. The van der Waals surface area contributed by atoms with Crippen LogP contribution in [0, 0.1) is 52.6 Å². The van der Waals surface area contributed by atoms with E-state index >= 15 is 4.79 Å². The number of hydrogen-bond donors (Lipinski definition) is 2. The molecule has 0 aliphatic rings. The highest BCUT2D eigenvalue weighted by molar-refractivity contribution is 5.83. The van der Waals surface area contributed by atoms with Gasteiger partial charge in [0.25, 0.3) is 0 Å². The first kappa shape index (κ1) is 29.8. The standard InChI is InChI=1S/C46H85N3O6/c1-20-35(30(3)4)36(41(50)48-27-44(12,13)42(47)51)24-39(53-19)46(15,49(16)17)26-45(14,37(21-2)31(5)6)25-34-22-33(9)40(55-32(7)8)38(23-34)54-29-43(10,11)28-52-18/h22-23,30-32,35-37,39H,20-21,24-29H2,1-19H3,(H2,47,51)(H,48,50)/t35?,36-,37?,39-,45-,46-/m0/s1/i20D2,21D2,24D2,25D2,26D2,30D,31D,35D,36D,37D,39D. The molecule has 1 rings (SSSR count). The zero-order valence-electron chi connectivity index (χ0n) is 53.3. The lowest BCUT2D eigenvalue weighted by atomic mass is 9.60. The normalized spacial score (nSPS) is 25.4. The summed E-state index contributed by atoms with van der Waals surface area (Å²) in [6.45, 7) is 18.2. The summed E-state index contributed by atoms with van der Waals surface area (Å²) in [5, 5.41) is 2.23. The molecule has 0 saturated carbocycles. The van der Waals surface area contributed by atoms with E-state index in [0.717, 1.165) is 74.4 Å². The zero-order valence-corrected chi connectivity index (χ0v) is 37.3. The summed E-state index contributed by atoms with van der Waals surface area (Å²) in [5.41, 5.74) is -3.46. The largest absolute Gasteiger partial charge is 0.489 e. The van der Waals surface area contributed by atoms with E-state index in [-0.39, 0.29) is 30.3 Å². The fourth-order valence-corrected chi connectivity index (χ4v) is 6.14. The molecule has 9 heteroatoms. The highest BCUT2D eigenvalue weighted by Crippen LogP contribution is 2.49. The number of primary amides is 1. The summed E-state index contributed by atoms with van der Waals surface area (Å²) in [7, 11) is 4.48. The Bertz CT molecular complexity index is 2040. The van der Waals surface area contributed by atoms with Crippen LogP contribution in [0.2, 0.25) is 0 Å². The van der Waals surface area contributed by atoms with Crippen LogP contribution >= 0.6 is 0 Å². The monoisotopic (exact) mass is 792 g/mol. The van der Waals surface area contributed by atoms with Crippen LogP contribution in [0.15, 0.2) is 12.1 Å². The average Bonchev–Trinajstić information content (AvgIpc) is 3.18. The van der Waals surface area contributed by atoms with E-state index in [1.54, 1.807) is 20.8 Å². The third-order valence-corrected chi connectivity index (χ3v) is 9.25. The molecule has 0 radical (unpaired) electrons. The summed E-state index contributed by atoms with van der Waals surface area (Å²) < 4.78 is 182. The summed E-state index contributed by atoms with van der Waals surface area (Å²) in [4.78, 5) is 28.3. The van der Waals surface area contributed by atoms with Gasteiger partial charge in [0.05, 0.1) is 32.2 Å². The minimum atomic E-state index is -4.24. The van der Waals surface area contributed by atoms with Crippen LogP contribution in [-0.4, -0.2) is 82.5 Å². The van der Waals surface area contributed by atoms with Crippen LogP contribution in [0.5, 0.6) is 11.5 Å². The smallest absolute Gasteiger partial charge is 0.224 e. The molecule has 0 heterocycles. The molecule has 3 N–H and O–H groups in total. The lowest BCUT2D eigenvalue weighted by Gasteiger charge is -2.51. The average molecular weight is 792 g/mol. The summed E-state index contributed by atoms with van der Waals surface area (Å²) in [6.07, 6.45) is -22.1. The number of aryl methyl sites for hydroxylation is 1. The van der Waals surface area contributed by atoms with Crippen molar-refractivity contribution in [1.82, 2.24) is 10.2 Å². The molecule has 0 bridgehead atoms. The number of rotatable bonds is 26. The maximum Gasteiger partial charge on any atom is 0.224 e. The Kier molecular flexibility index (Phi) is 11.6. The maximum atomic E-state index is 15.0. The van der Waals surface area contributed by atoms with Crippen LogP contribution in [0.4, 0.5) is 0 Å². The minimum absolute atomic E-state index is 0.0211. The number of nitrogens with one attached hydrogen (secondary N) is 1. The third-order valence-electron chi connectivity index (χ3n) is 9.25. The molecule has 0 fully saturated rings. The van der Waals surface area contributed by atoms with E-state index in [1.807, 2.05) is 13.8 Å². The molecular formula is C46H85N3O6. The number of ether oxygens (including phenoxy) is 4. The number of methoxy groups -OCH3 is 2. The summed E-state index contributed by atoms with van der Waals surface area (Å²) >= 11 is 0. The molecule has 2 amide bonds. The van der Waals surface area contributed by atoms with Crippen molar-refractivity contribution >= 4 is 11.8 Å². The Balaban J connectivity index is 5.16. The van der Waals surface area contributed by atoms with Gasteiger partial charge in [0.1, 0.15) is 0 Å². The molecule has 1 aromatic rings. The lowest BCUT2D eigenvalue weighted by Crippen LogP contribution is -2.57. The first-order valence-electron chi connectivity index (χ1n) is 26.8. The van der Waals surface area contributed by atoms with Gasteiger partial charge in [0.15, 0.2) is 11.5 Å². The van der Waals surface area contributed by atoms with E-state index in [0.29, 0.717) is 7.11 Å².